The van der Waals surface area contributed by atoms with Gasteiger partial charge in [0.05, 0.1) is 11.1 Å². The zero-order valence-electron chi connectivity index (χ0n) is 15.0. The highest BCUT2D eigenvalue weighted by Crippen LogP contribution is 2.32. The number of benzene rings is 3. The summed E-state index contributed by atoms with van der Waals surface area (Å²) in [6, 6.07) is 18.9. The van der Waals surface area contributed by atoms with Gasteiger partial charge in [0.25, 0.3) is 5.91 Å². The van der Waals surface area contributed by atoms with Gasteiger partial charge in [-0.15, -0.1) is 0 Å². The van der Waals surface area contributed by atoms with E-state index in [0.717, 1.165) is 12.1 Å². The van der Waals surface area contributed by atoms with Crippen LogP contribution in [0.25, 0.3) is 0 Å². The molecule has 3 aromatic rings. The Kier molecular flexibility index (Phi) is 5.82. The van der Waals surface area contributed by atoms with Crippen molar-refractivity contribution < 1.29 is 22.8 Å². The van der Waals surface area contributed by atoms with Crippen molar-refractivity contribution in [1.29, 1.82) is 0 Å². The molecule has 0 aliphatic carbocycles. The topological polar surface area (TPSA) is 70.2 Å². The second-order valence-corrected chi connectivity index (χ2v) is 6.02. The molecule has 0 saturated carbocycles. The quantitative estimate of drug-likeness (QED) is 0.534. The Hall–Kier alpha value is -3.81. The summed E-state index contributed by atoms with van der Waals surface area (Å²) in [7, 11) is 0. The maximum atomic E-state index is 13.1. The zero-order valence-corrected chi connectivity index (χ0v) is 15.0. The number of amides is 3. The maximum Gasteiger partial charge on any atom is 0.417 e. The molecule has 0 heterocycles. The number of halogens is 3. The fraction of sp³-hybridized carbons (Fsp3) is 0.0476. The minimum atomic E-state index is -4.65. The van der Waals surface area contributed by atoms with Crippen LogP contribution in [0.1, 0.15) is 15.9 Å². The van der Waals surface area contributed by atoms with Crippen LogP contribution in [0.4, 0.5) is 35.0 Å². The molecule has 0 radical (unpaired) electrons. The van der Waals surface area contributed by atoms with Gasteiger partial charge in [0.1, 0.15) is 0 Å². The molecule has 0 aromatic heterocycles. The molecule has 5 nitrogen and oxygen atoms in total. The lowest BCUT2D eigenvalue weighted by Crippen LogP contribution is -2.20. The summed E-state index contributed by atoms with van der Waals surface area (Å²) in [4.78, 5) is 24.4. The van der Waals surface area contributed by atoms with E-state index in [2.05, 4.69) is 16.0 Å². The number of hydrogen-bond acceptors (Lipinski definition) is 2. The Labute approximate surface area is 164 Å². The van der Waals surface area contributed by atoms with Gasteiger partial charge < -0.3 is 16.0 Å². The molecule has 29 heavy (non-hydrogen) atoms. The summed E-state index contributed by atoms with van der Waals surface area (Å²) in [5.74, 6) is -0.899. The van der Waals surface area contributed by atoms with Gasteiger partial charge in [-0.2, -0.15) is 13.2 Å². The van der Waals surface area contributed by atoms with Crippen LogP contribution in [-0.2, 0) is 6.18 Å². The van der Waals surface area contributed by atoms with E-state index in [1.54, 1.807) is 36.4 Å². The normalized spacial score (nSPS) is 10.9. The van der Waals surface area contributed by atoms with E-state index in [1.165, 1.54) is 24.3 Å². The molecular weight excluding hydrogens is 383 g/mol. The first-order chi connectivity index (χ1) is 13.8. The highest BCUT2D eigenvalue weighted by Gasteiger charge is 2.34. The Bertz CT molecular complexity index is 1020. The molecule has 0 saturated heterocycles. The van der Waals surface area contributed by atoms with Crippen molar-refractivity contribution in [3.05, 3.63) is 90.0 Å². The van der Waals surface area contributed by atoms with Crippen molar-refractivity contribution in [2.24, 2.45) is 0 Å². The van der Waals surface area contributed by atoms with Crippen LogP contribution in [0.3, 0.4) is 0 Å². The predicted molar refractivity (Wildman–Crippen MR) is 105 cm³/mol. The number of para-hydroxylation sites is 1. The summed E-state index contributed by atoms with van der Waals surface area (Å²) < 4.78 is 39.3. The van der Waals surface area contributed by atoms with Crippen molar-refractivity contribution in [1.82, 2.24) is 0 Å². The molecule has 148 valence electrons. The number of rotatable bonds is 4. The smallest absolute Gasteiger partial charge is 0.322 e. The third kappa shape index (κ3) is 5.35. The van der Waals surface area contributed by atoms with Crippen molar-refractivity contribution >= 4 is 29.0 Å². The highest BCUT2D eigenvalue weighted by molar-refractivity contribution is 6.06. The fourth-order valence-electron chi connectivity index (χ4n) is 2.62. The lowest BCUT2D eigenvalue weighted by molar-refractivity contribution is -0.137. The molecule has 0 fully saturated rings. The van der Waals surface area contributed by atoms with E-state index >= 15 is 0 Å². The Morgan fingerprint density at radius 2 is 1.21 bits per heavy atom. The van der Waals surface area contributed by atoms with Gasteiger partial charge in [0, 0.05) is 17.1 Å². The maximum absolute atomic E-state index is 13.1. The van der Waals surface area contributed by atoms with E-state index in [-0.39, 0.29) is 5.69 Å². The first-order valence-electron chi connectivity index (χ1n) is 8.53. The molecule has 0 atom stereocenters. The van der Waals surface area contributed by atoms with E-state index < -0.39 is 29.2 Å². The predicted octanol–water partition coefficient (Wildman–Crippen LogP) is 5.60. The van der Waals surface area contributed by atoms with Crippen LogP contribution in [0.2, 0.25) is 0 Å². The van der Waals surface area contributed by atoms with Crippen LogP contribution >= 0.6 is 0 Å². The Morgan fingerprint density at radius 1 is 0.655 bits per heavy atom. The van der Waals surface area contributed by atoms with Gasteiger partial charge in [-0.3, -0.25) is 4.79 Å². The number of nitrogens with one attached hydrogen (secondary N) is 3. The molecular formula is C21H16F3N3O2. The van der Waals surface area contributed by atoms with Crippen LogP contribution in [-0.4, -0.2) is 11.9 Å². The van der Waals surface area contributed by atoms with Crippen molar-refractivity contribution in [2.75, 3.05) is 16.0 Å². The number of alkyl halides is 3. The van der Waals surface area contributed by atoms with E-state index in [4.69, 9.17) is 0 Å². The van der Waals surface area contributed by atoms with Crippen LogP contribution < -0.4 is 16.0 Å². The van der Waals surface area contributed by atoms with Gasteiger partial charge >= 0.3 is 12.2 Å². The third-order valence-corrected chi connectivity index (χ3v) is 3.89. The number of carbonyl (C=O) groups is 2. The largest absolute Gasteiger partial charge is 0.417 e. The lowest BCUT2D eigenvalue weighted by atomic mass is 10.1. The first-order valence-corrected chi connectivity index (χ1v) is 8.53. The molecule has 0 aliphatic rings. The number of carbonyl (C=O) groups excluding carboxylic acids is 2. The lowest BCUT2D eigenvalue weighted by Gasteiger charge is -2.13. The highest BCUT2D eigenvalue weighted by atomic mass is 19.4. The molecule has 3 amide bonds. The minimum Gasteiger partial charge on any atom is -0.322 e. The summed E-state index contributed by atoms with van der Waals surface area (Å²) in [5, 5.41) is 7.66. The van der Waals surface area contributed by atoms with Crippen LogP contribution in [0, 0.1) is 0 Å². The van der Waals surface area contributed by atoms with E-state index in [0.29, 0.717) is 11.4 Å². The Balaban J connectivity index is 1.70. The van der Waals surface area contributed by atoms with Crippen molar-refractivity contribution in [3.63, 3.8) is 0 Å². The average Bonchev–Trinajstić information content (AvgIpc) is 2.68. The fourth-order valence-corrected chi connectivity index (χ4v) is 2.62. The van der Waals surface area contributed by atoms with Gasteiger partial charge in [-0.05, 0) is 42.5 Å². The standard InChI is InChI=1S/C21H16F3N3O2/c22-21(23,24)18-12-5-4-11-17(18)19(28)25-15-9-6-10-16(13-15)27-20(29)26-14-7-2-1-3-8-14/h1-13H,(H,25,28)(H2,26,27,29). The summed E-state index contributed by atoms with van der Waals surface area (Å²) in [5.41, 5.74) is -0.308. The number of urea groups is 1. The zero-order chi connectivity index (χ0) is 20.9. The van der Waals surface area contributed by atoms with Crippen molar-refractivity contribution in [3.8, 4) is 0 Å². The Morgan fingerprint density at radius 3 is 1.90 bits per heavy atom. The van der Waals surface area contributed by atoms with Gasteiger partial charge in [-0.1, -0.05) is 36.4 Å². The molecule has 3 N–H and O–H groups in total. The molecule has 0 bridgehead atoms. The molecule has 0 unspecified atom stereocenters. The molecule has 3 rings (SSSR count). The van der Waals surface area contributed by atoms with Gasteiger partial charge in [0.2, 0.25) is 0 Å². The first kappa shape index (κ1) is 19.9. The number of anilines is 3. The second-order valence-electron chi connectivity index (χ2n) is 6.02. The van der Waals surface area contributed by atoms with Crippen LogP contribution in [0.15, 0.2) is 78.9 Å². The van der Waals surface area contributed by atoms with E-state index in [1.807, 2.05) is 6.07 Å². The van der Waals surface area contributed by atoms with Gasteiger partial charge in [-0.25, -0.2) is 4.79 Å². The SMILES string of the molecule is O=C(Nc1ccccc1)Nc1cccc(NC(=O)c2ccccc2C(F)(F)F)c1. The van der Waals surface area contributed by atoms with Gasteiger partial charge in [0.15, 0.2) is 0 Å². The average molecular weight is 399 g/mol. The summed E-state index contributed by atoms with van der Waals surface area (Å²) in [6.45, 7) is 0. The summed E-state index contributed by atoms with van der Waals surface area (Å²) in [6.07, 6.45) is -4.65. The monoisotopic (exact) mass is 399 g/mol. The van der Waals surface area contributed by atoms with E-state index in [9.17, 15) is 22.8 Å². The molecule has 0 spiro atoms. The number of hydrogen-bond donors (Lipinski definition) is 3. The molecule has 8 heteroatoms. The van der Waals surface area contributed by atoms with Crippen LogP contribution in [0.5, 0.6) is 0 Å². The minimum absolute atomic E-state index is 0.240. The molecule has 0 aliphatic heterocycles. The third-order valence-electron chi connectivity index (χ3n) is 3.89. The second kappa shape index (κ2) is 8.47. The van der Waals surface area contributed by atoms with Crippen molar-refractivity contribution in [2.45, 2.75) is 6.18 Å². The summed E-state index contributed by atoms with van der Waals surface area (Å²) >= 11 is 0. The molecule has 3 aromatic carbocycles.